The van der Waals surface area contributed by atoms with Gasteiger partial charge in [-0.3, -0.25) is 9.52 Å². The summed E-state index contributed by atoms with van der Waals surface area (Å²) in [5.74, 6) is -1.06. The number of amides is 1. The lowest BCUT2D eigenvalue weighted by Crippen LogP contribution is -2.33. The molecule has 178 valence electrons. The fraction of sp³-hybridized carbons (Fsp3) is 0.300. The van der Waals surface area contributed by atoms with E-state index in [0.29, 0.717) is 5.70 Å². The lowest BCUT2D eigenvalue weighted by molar-refractivity contribution is -0.0942. The van der Waals surface area contributed by atoms with E-state index in [0.717, 1.165) is 24.4 Å². The predicted octanol–water partition coefficient (Wildman–Crippen LogP) is 5.46. The number of carbonyl (C=O) groups excluding carboxylic acids is 1. The molecule has 6 nitrogen and oxygen atoms in total. The Morgan fingerprint density at radius 1 is 1.24 bits per heavy atom. The van der Waals surface area contributed by atoms with Crippen molar-refractivity contribution in [1.29, 1.82) is 0 Å². The summed E-state index contributed by atoms with van der Waals surface area (Å²) in [6.45, 7) is 0. The molecule has 2 aliphatic carbocycles. The first-order chi connectivity index (χ1) is 15.3. The smallest absolute Gasteiger partial charge is 0.314 e. The van der Waals surface area contributed by atoms with Gasteiger partial charge in [-0.2, -0.15) is 13.2 Å². The van der Waals surface area contributed by atoms with Crippen LogP contribution >= 0.6 is 23.2 Å². The number of aromatic nitrogens is 1. The highest BCUT2D eigenvalue weighted by Gasteiger charge is 2.41. The van der Waals surface area contributed by atoms with Gasteiger partial charge in [0.05, 0.1) is 16.3 Å². The summed E-state index contributed by atoms with van der Waals surface area (Å²) in [6.07, 6.45) is 0.276. The van der Waals surface area contributed by atoms with Gasteiger partial charge in [0.15, 0.2) is 5.69 Å². The number of halogens is 6. The molecule has 0 spiro atoms. The van der Waals surface area contributed by atoms with Crippen LogP contribution in [0.5, 0.6) is 0 Å². The molecule has 1 aromatic heterocycles. The van der Waals surface area contributed by atoms with E-state index in [2.05, 4.69) is 9.71 Å². The number of alkyl halides is 3. The van der Waals surface area contributed by atoms with Crippen LogP contribution in [0.25, 0.3) is 0 Å². The van der Waals surface area contributed by atoms with E-state index in [1.165, 1.54) is 24.1 Å². The monoisotopic (exact) mass is 525 g/mol. The van der Waals surface area contributed by atoms with Crippen molar-refractivity contribution in [2.45, 2.75) is 30.7 Å². The molecule has 0 aliphatic heterocycles. The van der Waals surface area contributed by atoms with Gasteiger partial charge in [0, 0.05) is 36.8 Å². The molecule has 1 heterocycles. The lowest BCUT2D eigenvalue weighted by atomic mass is 10.0. The Morgan fingerprint density at radius 3 is 2.55 bits per heavy atom. The van der Waals surface area contributed by atoms with Crippen LogP contribution in [0.15, 0.2) is 58.7 Å². The molecular formula is C20H17Cl2F4N3O3S. The van der Waals surface area contributed by atoms with Crippen molar-refractivity contribution in [3.63, 3.8) is 0 Å². The van der Waals surface area contributed by atoms with Crippen molar-refractivity contribution in [2.24, 2.45) is 0 Å². The Hall–Kier alpha value is -2.37. The van der Waals surface area contributed by atoms with Crippen LogP contribution in [0, 0.1) is 0 Å². The second-order valence-corrected chi connectivity index (χ2v) is 10.0. The maximum atomic E-state index is 13.3. The lowest BCUT2D eigenvalue weighted by Gasteiger charge is -2.25. The molecule has 13 heteroatoms. The molecule has 0 bridgehead atoms. The highest BCUT2D eigenvalue weighted by atomic mass is 35.5. The minimum Gasteiger partial charge on any atom is -0.314 e. The zero-order valence-electron chi connectivity index (χ0n) is 17.0. The van der Waals surface area contributed by atoms with E-state index in [4.69, 9.17) is 23.2 Å². The van der Waals surface area contributed by atoms with Gasteiger partial charge in [-0.15, -0.1) is 0 Å². The fourth-order valence-electron chi connectivity index (χ4n) is 3.21. The van der Waals surface area contributed by atoms with Gasteiger partial charge in [0.1, 0.15) is 11.1 Å². The SMILES string of the molecule is CN(C(=O)c1ncc(Cl)cc1NS(=O)(=O)C1C=CC(Cl)=C(C(F)(F)F)C1)C1=CC=C(F)CC1. The number of hydrogen-bond donors (Lipinski definition) is 1. The first kappa shape index (κ1) is 25.3. The molecule has 1 atom stereocenters. The molecule has 1 unspecified atom stereocenters. The van der Waals surface area contributed by atoms with Crippen molar-refractivity contribution in [1.82, 2.24) is 9.88 Å². The standard InChI is InChI=1S/C20H17Cl2F4N3O3S/c1-29(13-4-2-12(23)3-5-13)19(30)18-17(8-11(21)10-27-18)28-33(31,32)14-6-7-16(22)15(9-14)20(24,25)26/h2,4,6-8,10,14,28H,3,5,9H2,1H3. The van der Waals surface area contributed by atoms with Gasteiger partial charge in [0.2, 0.25) is 10.0 Å². The van der Waals surface area contributed by atoms with Gasteiger partial charge < -0.3 is 4.90 Å². The van der Waals surface area contributed by atoms with Crippen LogP contribution in [0.3, 0.4) is 0 Å². The molecule has 0 saturated carbocycles. The average Bonchev–Trinajstić information content (AvgIpc) is 2.72. The average molecular weight is 526 g/mol. The minimum absolute atomic E-state index is 0.00750. The van der Waals surface area contributed by atoms with E-state index in [-0.39, 0.29) is 35.1 Å². The summed E-state index contributed by atoms with van der Waals surface area (Å²) >= 11 is 11.5. The summed E-state index contributed by atoms with van der Waals surface area (Å²) in [6, 6.07) is 1.13. The third kappa shape index (κ3) is 5.77. The van der Waals surface area contributed by atoms with Crippen molar-refractivity contribution < 1.29 is 30.8 Å². The highest BCUT2D eigenvalue weighted by molar-refractivity contribution is 7.93. The number of anilines is 1. The number of allylic oxidation sites excluding steroid dienone is 7. The molecule has 1 aromatic rings. The van der Waals surface area contributed by atoms with Gasteiger partial charge in [0.25, 0.3) is 5.91 Å². The maximum absolute atomic E-state index is 13.3. The molecule has 2 aliphatic rings. The van der Waals surface area contributed by atoms with E-state index in [9.17, 15) is 30.8 Å². The van der Waals surface area contributed by atoms with Crippen molar-refractivity contribution >= 4 is 44.8 Å². The number of sulfonamides is 1. The number of carbonyl (C=O) groups is 1. The van der Waals surface area contributed by atoms with Crippen molar-refractivity contribution in [3.05, 3.63) is 69.4 Å². The first-order valence-electron chi connectivity index (χ1n) is 9.44. The molecule has 1 amide bonds. The zero-order chi connectivity index (χ0) is 24.6. The summed E-state index contributed by atoms with van der Waals surface area (Å²) in [4.78, 5) is 18.1. The molecule has 33 heavy (non-hydrogen) atoms. The van der Waals surface area contributed by atoms with Gasteiger partial charge in [-0.1, -0.05) is 29.3 Å². The van der Waals surface area contributed by atoms with E-state index >= 15 is 0 Å². The van der Waals surface area contributed by atoms with Gasteiger partial charge >= 0.3 is 6.18 Å². The molecule has 0 aromatic carbocycles. The maximum Gasteiger partial charge on any atom is 0.414 e. The van der Waals surface area contributed by atoms with Gasteiger partial charge in [-0.25, -0.2) is 17.8 Å². The third-order valence-electron chi connectivity index (χ3n) is 5.01. The number of rotatable bonds is 5. The van der Waals surface area contributed by atoms with Crippen LogP contribution in [-0.4, -0.2) is 42.7 Å². The fourth-order valence-corrected chi connectivity index (χ4v) is 4.91. The summed E-state index contributed by atoms with van der Waals surface area (Å²) in [5, 5.41) is -2.21. The van der Waals surface area contributed by atoms with E-state index in [1.54, 1.807) is 0 Å². The summed E-state index contributed by atoms with van der Waals surface area (Å²) in [5.41, 5.74) is -1.34. The van der Waals surface area contributed by atoms with E-state index < -0.39 is 44.4 Å². The number of hydrogen-bond acceptors (Lipinski definition) is 4. The Morgan fingerprint density at radius 2 is 1.94 bits per heavy atom. The summed E-state index contributed by atoms with van der Waals surface area (Å²) < 4.78 is 80.7. The zero-order valence-corrected chi connectivity index (χ0v) is 19.3. The van der Waals surface area contributed by atoms with Gasteiger partial charge in [-0.05, 0) is 30.7 Å². The minimum atomic E-state index is -4.81. The molecule has 0 radical (unpaired) electrons. The Balaban J connectivity index is 1.89. The Labute approximate surface area is 197 Å². The second kappa shape index (κ2) is 9.47. The van der Waals surface area contributed by atoms with Crippen molar-refractivity contribution in [3.8, 4) is 0 Å². The Bertz CT molecular complexity index is 1210. The van der Waals surface area contributed by atoms with Crippen LogP contribution in [0.2, 0.25) is 5.02 Å². The Kier molecular flexibility index (Phi) is 7.25. The normalized spacial score (nSPS) is 19.2. The van der Waals surface area contributed by atoms with Crippen LogP contribution < -0.4 is 4.72 Å². The molecule has 0 saturated heterocycles. The molecule has 0 fully saturated rings. The predicted molar refractivity (Wildman–Crippen MR) is 117 cm³/mol. The second-order valence-electron chi connectivity index (χ2n) is 7.26. The van der Waals surface area contributed by atoms with E-state index in [1.807, 2.05) is 0 Å². The number of nitrogens with one attached hydrogen (secondary N) is 1. The molecule has 1 N–H and O–H groups in total. The molecular weight excluding hydrogens is 509 g/mol. The highest BCUT2D eigenvalue weighted by Crippen LogP contribution is 2.38. The van der Waals surface area contributed by atoms with Crippen LogP contribution in [-0.2, 0) is 10.0 Å². The first-order valence-corrected chi connectivity index (χ1v) is 11.7. The van der Waals surface area contributed by atoms with Crippen LogP contribution in [0.4, 0.5) is 23.2 Å². The van der Waals surface area contributed by atoms with Crippen LogP contribution in [0.1, 0.15) is 29.8 Å². The molecule has 3 rings (SSSR count). The largest absolute Gasteiger partial charge is 0.414 e. The third-order valence-corrected chi connectivity index (χ3v) is 7.20. The number of pyridine rings is 1. The topological polar surface area (TPSA) is 79.4 Å². The van der Waals surface area contributed by atoms with Crippen molar-refractivity contribution in [2.75, 3.05) is 11.8 Å². The number of nitrogens with zero attached hydrogens (tertiary/aromatic N) is 2. The quantitative estimate of drug-likeness (QED) is 0.517. The summed E-state index contributed by atoms with van der Waals surface area (Å²) in [7, 11) is -3.05.